The zero-order valence-electron chi connectivity index (χ0n) is 25.3. The van der Waals surface area contributed by atoms with Crippen LogP contribution in [0.25, 0.3) is 0 Å². The Morgan fingerprint density at radius 1 is 0.579 bits per heavy atom. The molecule has 218 valence electrons. The van der Waals surface area contributed by atoms with Gasteiger partial charge in [0.1, 0.15) is 0 Å². The molecule has 0 aliphatic rings. The summed E-state index contributed by atoms with van der Waals surface area (Å²) in [7, 11) is -2.79. The zero-order valence-corrected chi connectivity index (χ0v) is 26.3. The minimum Gasteiger partial charge on any atom is -0.387 e. The van der Waals surface area contributed by atoms with Crippen LogP contribution in [0.5, 0.6) is 0 Å². The SMILES string of the molecule is CC(C)=CCC/C(C)=C/CC/C(C)=C/C(O)CO[PH](=O)OCC(O)/C=C(\C)CC/C=C(\C)CCC=C(C)C. The average molecular weight is 551 g/mol. The van der Waals surface area contributed by atoms with E-state index in [0.717, 1.165) is 62.5 Å². The van der Waals surface area contributed by atoms with Gasteiger partial charge in [-0.15, -0.1) is 0 Å². The number of aliphatic hydroxyl groups is 2. The maximum atomic E-state index is 12.0. The number of allylic oxidation sites excluding steroid dienone is 10. The van der Waals surface area contributed by atoms with Crippen LogP contribution in [0.4, 0.5) is 0 Å². The van der Waals surface area contributed by atoms with Gasteiger partial charge in [0.15, 0.2) is 0 Å². The maximum absolute atomic E-state index is 12.0. The van der Waals surface area contributed by atoms with Crippen LogP contribution in [-0.2, 0) is 13.6 Å². The van der Waals surface area contributed by atoms with Crippen LogP contribution in [0.15, 0.2) is 69.9 Å². The molecule has 6 heteroatoms. The van der Waals surface area contributed by atoms with E-state index in [9.17, 15) is 14.8 Å². The molecule has 0 radical (unpaired) electrons. The molecule has 0 spiro atoms. The van der Waals surface area contributed by atoms with E-state index in [0.29, 0.717) is 0 Å². The first-order valence-electron chi connectivity index (χ1n) is 14.0. The fraction of sp³-hybridized carbons (Fsp3) is 0.625. The summed E-state index contributed by atoms with van der Waals surface area (Å²) in [6, 6.07) is 0. The van der Waals surface area contributed by atoms with Crippen molar-refractivity contribution < 1.29 is 23.8 Å². The summed E-state index contributed by atoms with van der Waals surface area (Å²) in [6.07, 6.45) is 18.6. The van der Waals surface area contributed by atoms with Gasteiger partial charge in [0.05, 0.1) is 25.4 Å². The lowest BCUT2D eigenvalue weighted by Gasteiger charge is -2.11. The van der Waals surface area contributed by atoms with Crippen LogP contribution in [0, 0.1) is 0 Å². The molecule has 0 fully saturated rings. The summed E-state index contributed by atoms with van der Waals surface area (Å²) in [5.41, 5.74) is 7.56. The monoisotopic (exact) mass is 550 g/mol. The molecule has 0 saturated carbocycles. The highest BCUT2D eigenvalue weighted by Crippen LogP contribution is 2.25. The van der Waals surface area contributed by atoms with Crippen molar-refractivity contribution in [3.63, 3.8) is 0 Å². The molecule has 0 aliphatic carbocycles. The molecular formula is C32H55O5P. The summed E-state index contributed by atoms with van der Waals surface area (Å²) in [5.74, 6) is 0. The summed E-state index contributed by atoms with van der Waals surface area (Å²) in [5, 5.41) is 20.3. The highest BCUT2D eigenvalue weighted by Gasteiger charge is 2.09. The van der Waals surface area contributed by atoms with Gasteiger partial charge in [-0.2, -0.15) is 0 Å². The molecule has 0 heterocycles. The molecular weight excluding hydrogens is 495 g/mol. The van der Waals surface area contributed by atoms with E-state index in [1.807, 2.05) is 13.8 Å². The molecule has 2 atom stereocenters. The van der Waals surface area contributed by atoms with Crippen molar-refractivity contribution in [2.24, 2.45) is 0 Å². The van der Waals surface area contributed by atoms with E-state index in [-0.39, 0.29) is 13.2 Å². The standard InChI is InChI=1S/C32H55O5P/c1-25(2)13-9-15-27(5)17-11-19-29(7)21-31(33)23-36-38(35)37-24-32(34)22-30(8)20-12-18-28(6)16-10-14-26(3)4/h13-14,17-18,21-22,31-34,38H,9-12,15-16,19-20,23-24H2,1-8H3/b27-17+,28-18+,29-21+,30-22+. The zero-order chi connectivity index (χ0) is 28.9. The van der Waals surface area contributed by atoms with E-state index >= 15 is 0 Å². The van der Waals surface area contributed by atoms with E-state index in [1.165, 1.54) is 22.3 Å². The van der Waals surface area contributed by atoms with Crippen molar-refractivity contribution in [2.75, 3.05) is 13.2 Å². The quantitative estimate of drug-likeness (QED) is 0.117. The fourth-order valence-electron chi connectivity index (χ4n) is 3.74. The largest absolute Gasteiger partial charge is 0.387 e. The highest BCUT2D eigenvalue weighted by atomic mass is 31.1. The molecule has 0 aliphatic heterocycles. The van der Waals surface area contributed by atoms with Gasteiger partial charge in [0, 0.05) is 0 Å². The van der Waals surface area contributed by atoms with Gasteiger partial charge < -0.3 is 19.3 Å². The Morgan fingerprint density at radius 3 is 1.24 bits per heavy atom. The van der Waals surface area contributed by atoms with Crippen molar-refractivity contribution in [1.82, 2.24) is 0 Å². The molecule has 0 bridgehead atoms. The first-order valence-corrected chi connectivity index (χ1v) is 15.2. The van der Waals surface area contributed by atoms with Crippen LogP contribution >= 0.6 is 8.25 Å². The molecule has 2 N–H and O–H groups in total. The van der Waals surface area contributed by atoms with Gasteiger partial charge in [-0.3, -0.25) is 4.57 Å². The first kappa shape index (κ1) is 36.5. The Kier molecular flexibility index (Phi) is 21.5. The summed E-state index contributed by atoms with van der Waals surface area (Å²) in [6.45, 7) is 16.5. The molecule has 0 amide bonds. The van der Waals surface area contributed by atoms with E-state index in [4.69, 9.17) is 9.05 Å². The van der Waals surface area contributed by atoms with Crippen LogP contribution in [0.3, 0.4) is 0 Å². The molecule has 38 heavy (non-hydrogen) atoms. The number of hydrogen-bond donors (Lipinski definition) is 2. The number of aliphatic hydroxyl groups excluding tert-OH is 2. The van der Waals surface area contributed by atoms with Crippen molar-refractivity contribution in [2.45, 2.75) is 119 Å². The Labute approximate surface area is 234 Å². The van der Waals surface area contributed by atoms with Crippen molar-refractivity contribution in [1.29, 1.82) is 0 Å². The van der Waals surface area contributed by atoms with E-state index < -0.39 is 20.5 Å². The smallest absolute Gasteiger partial charge is 0.319 e. The second-order valence-electron chi connectivity index (χ2n) is 10.9. The van der Waals surface area contributed by atoms with Crippen molar-refractivity contribution >= 4 is 8.25 Å². The van der Waals surface area contributed by atoms with Gasteiger partial charge in [-0.1, -0.05) is 69.9 Å². The van der Waals surface area contributed by atoms with Crippen LogP contribution in [0.2, 0.25) is 0 Å². The summed E-state index contributed by atoms with van der Waals surface area (Å²) in [4.78, 5) is 0. The lowest BCUT2D eigenvalue weighted by atomic mass is 10.1. The van der Waals surface area contributed by atoms with Crippen LogP contribution < -0.4 is 0 Å². The Bertz CT molecular complexity index is 798. The molecule has 0 saturated heterocycles. The second kappa shape index (κ2) is 22.3. The predicted molar refractivity (Wildman–Crippen MR) is 164 cm³/mol. The Hall–Kier alpha value is -1.49. The molecule has 0 aromatic heterocycles. The average Bonchev–Trinajstić information content (AvgIpc) is 2.80. The lowest BCUT2D eigenvalue weighted by molar-refractivity contribution is 0.107. The summed E-state index contributed by atoms with van der Waals surface area (Å²) < 4.78 is 22.4. The van der Waals surface area contributed by atoms with E-state index in [2.05, 4.69) is 65.8 Å². The Balaban J connectivity index is 4.24. The fourth-order valence-corrected chi connectivity index (χ4v) is 4.44. The predicted octanol–water partition coefficient (Wildman–Crippen LogP) is 8.97. The number of rotatable bonds is 20. The second-order valence-corrected chi connectivity index (χ2v) is 11.9. The van der Waals surface area contributed by atoms with Crippen molar-refractivity contribution in [3.8, 4) is 0 Å². The minimum absolute atomic E-state index is 0.100. The molecule has 0 rings (SSSR count). The van der Waals surface area contributed by atoms with Gasteiger partial charge in [0.25, 0.3) is 0 Å². The van der Waals surface area contributed by atoms with Gasteiger partial charge >= 0.3 is 8.25 Å². The van der Waals surface area contributed by atoms with Crippen LogP contribution in [0.1, 0.15) is 107 Å². The van der Waals surface area contributed by atoms with Gasteiger partial charge in [0.2, 0.25) is 0 Å². The first-order chi connectivity index (χ1) is 17.9. The normalized spacial score (nSPS) is 15.7. The highest BCUT2D eigenvalue weighted by molar-refractivity contribution is 7.33. The van der Waals surface area contributed by atoms with E-state index in [1.54, 1.807) is 12.2 Å². The minimum atomic E-state index is -2.79. The lowest BCUT2D eigenvalue weighted by Crippen LogP contribution is -2.13. The third-order valence-corrected chi connectivity index (χ3v) is 6.75. The van der Waals surface area contributed by atoms with Gasteiger partial charge in [-0.05, 0) is 107 Å². The molecule has 2 unspecified atom stereocenters. The molecule has 0 aromatic carbocycles. The third-order valence-electron chi connectivity index (χ3n) is 5.94. The van der Waals surface area contributed by atoms with Crippen LogP contribution in [-0.4, -0.2) is 35.6 Å². The van der Waals surface area contributed by atoms with Gasteiger partial charge in [-0.25, -0.2) is 0 Å². The Morgan fingerprint density at radius 2 is 0.895 bits per heavy atom. The maximum Gasteiger partial charge on any atom is 0.319 e. The molecule has 5 nitrogen and oxygen atoms in total. The molecule has 0 aromatic rings. The van der Waals surface area contributed by atoms with Crippen molar-refractivity contribution in [3.05, 3.63) is 69.9 Å². The topological polar surface area (TPSA) is 76.0 Å². The number of hydrogen-bond acceptors (Lipinski definition) is 5. The summed E-state index contributed by atoms with van der Waals surface area (Å²) >= 11 is 0. The third kappa shape index (κ3) is 23.6.